The smallest absolute Gasteiger partial charge is 0.427 e. The molecule has 0 bridgehead atoms. The summed E-state index contributed by atoms with van der Waals surface area (Å²) in [5.41, 5.74) is 0. The van der Waals surface area contributed by atoms with E-state index in [2.05, 4.69) is 0 Å². The number of hydrogen-bond donors (Lipinski definition) is 0. The first-order valence-electron chi connectivity index (χ1n) is 1.85. The molecule has 0 atom stereocenters. The van der Waals surface area contributed by atoms with E-state index in [-0.39, 0.29) is 91.3 Å². The molecule has 0 saturated carbocycles. The molecule has 0 heterocycles. The monoisotopic (exact) mass is 1030 g/mol. The van der Waals surface area contributed by atoms with Gasteiger partial charge in [0, 0.05) is 0 Å². The quantitative estimate of drug-likeness (QED) is 0.162. The molecule has 0 radical (unpaired) electrons. The van der Waals surface area contributed by atoms with Crippen LogP contribution in [0, 0.1) is 0 Å². The fraction of sp³-hybridized carbons (Fsp3) is 0. The zero-order valence-electron chi connectivity index (χ0n) is 7.71. The van der Waals surface area contributed by atoms with Crippen molar-refractivity contribution in [1.82, 2.24) is 0 Å². The Morgan fingerprint density at radius 1 is 0.333 bits per heavy atom. The van der Waals surface area contributed by atoms with Gasteiger partial charge in [0.15, 0.2) is 0 Å². The third kappa shape index (κ3) is 317. The van der Waals surface area contributed by atoms with Crippen LogP contribution in [0.3, 0.4) is 0 Å². The van der Waals surface area contributed by atoms with Gasteiger partial charge in [-0.15, -0.1) is 0 Å². The molecule has 18 heavy (non-hydrogen) atoms. The molecule has 0 aliphatic heterocycles. The second-order valence-corrected chi connectivity index (χ2v) is 5.07. The second kappa shape index (κ2) is 33.8. The predicted octanol–water partition coefficient (Wildman–Crippen LogP) is -29.3. The van der Waals surface area contributed by atoms with Gasteiger partial charge < -0.3 is 41.2 Å². The summed E-state index contributed by atoms with van der Waals surface area (Å²) in [6, 6.07) is 0. The van der Waals surface area contributed by atoms with Gasteiger partial charge in [0.25, 0.3) is 84.3 Å². The number of rotatable bonds is 0. The van der Waals surface area contributed by atoms with Crippen molar-refractivity contribution in [3.05, 3.63) is 0 Å². The summed E-state index contributed by atoms with van der Waals surface area (Å²) in [6.45, 7) is 0. The molecule has 0 saturated heterocycles. The standard InChI is InChI=1S/Au.Cs.4IO3/c;;4*2-1(3)4/q+3;+1;4*-1. The van der Waals surface area contributed by atoms with E-state index in [0.717, 1.165) is 0 Å². The molecule has 112 valence electrons. The molecule has 0 aliphatic rings. The molecule has 0 fully saturated rings. The maximum Gasteiger partial charge on any atom is 3.00 e. The van der Waals surface area contributed by atoms with Crippen LogP contribution in [0.15, 0.2) is 0 Å². The van der Waals surface area contributed by atoms with E-state index in [0.29, 0.717) is 0 Å². The van der Waals surface area contributed by atoms with Crippen molar-refractivity contribution in [2.24, 2.45) is 0 Å². The molecular weight excluding hydrogens is 1030 g/mol. The maximum atomic E-state index is 8.57. The van der Waals surface area contributed by atoms with Gasteiger partial charge in [-0.3, -0.25) is 0 Å². The van der Waals surface area contributed by atoms with Crippen molar-refractivity contribution in [1.29, 1.82) is 0 Å². The van der Waals surface area contributed by atoms with Crippen LogP contribution >= 0.6 is 0 Å². The Balaban J connectivity index is -0.0000000257. The Labute approximate surface area is 211 Å². The van der Waals surface area contributed by atoms with Crippen LogP contribution in [-0.4, -0.2) is 0 Å². The largest absolute Gasteiger partial charge is 3.00 e. The van der Waals surface area contributed by atoms with Gasteiger partial charge in [0.05, 0.1) is 0 Å². The summed E-state index contributed by atoms with van der Waals surface area (Å²) in [5.74, 6) is 0. The van der Waals surface area contributed by atoms with E-state index in [1.807, 2.05) is 0 Å². The fourth-order valence-corrected chi connectivity index (χ4v) is 0. The van der Waals surface area contributed by atoms with E-state index < -0.39 is 84.3 Å². The normalized spacial score (nSPS) is 8.00. The van der Waals surface area contributed by atoms with Crippen molar-refractivity contribution < 1.29 is 217 Å². The summed E-state index contributed by atoms with van der Waals surface area (Å²) in [5, 5.41) is 0. The van der Waals surface area contributed by atoms with Crippen LogP contribution in [0.1, 0.15) is 0 Å². The molecule has 0 aliphatic carbocycles. The van der Waals surface area contributed by atoms with Crippen molar-refractivity contribution in [3.8, 4) is 0 Å². The molecule has 0 N–H and O–H groups in total. The molecule has 0 aromatic heterocycles. The molecule has 0 spiro atoms. The van der Waals surface area contributed by atoms with Crippen LogP contribution in [0.5, 0.6) is 0 Å². The Hall–Kier alpha value is 5.23. The van der Waals surface area contributed by atoms with Gasteiger partial charge in [0.1, 0.15) is 0 Å². The molecule has 0 aromatic carbocycles. The van der Waals surface area contributed by atoms with Gasteiger partial charge in [-0.1, -0.05) is 0 Å². The van der Waals surface area contributed by atoms with Crippen LogP contribution in [0.25, 0.3) is 0 Å². The summed E-state index contributed by atoms with van der Waals surface area (Å²) >= 11 is -16.1. The van der Waals surface area contributed by atoms with E-state index in [9.17, 15) is 0 Å². The third-order valence-electron chi connectivity index (χ3n) is 0. The van der Waals surface area contributed by atoms with Crippen molar-refractivity contribution in [3.63, 3.8) is 0 Å². The van der Waals surface area contributed by atoms with E-state index in [1.165, 1.54) is 0 Å². The van der Waals surface area contributed by atoms with Gasteiger partial charge in [-0.2, -0.15) is 0 Å². The van der Waals surface area contributed by atoms with E-state index >= 15 is 0 Å². The Morgan fingerprint density at radius 2 is 0.333 bits per heavy atom. The van der Waals surface area contributed by atoms with Crippen molar-refractivity contribution in [2.45, 2.75) is 0 Å². The van der Waals surface area contributed by atoms with E-state index in [1.54, 1.807) is 0 Å². The zero-order valence-corrected chi connectivity index (χ0v) is 24.8. The number of halogens is 4. The first-order valence-corrected chi connectivity index (χ1v) is 12.4. The molecule has 18 heteroatoms. The first-order chi connectivity index (χ1) is 6.93. The minimum Gasteiger partial charge on any atom is -0.427 e. The number of hydrogen-bond acceptors (Lipinski definition) is 12. The van der Waals surface area contributed by atoms with Gasteiger partial charge >= 0.3 is 91.3 Å². The minimum absolute atomic E-state index is 0. The van der Waals surface area contributed by atoms with Gasteiger partial charge in [0.2, 0.25) is 0 Å². The van der Waals surface area contributed by atoms with Crippen LogP contribution in [0.2, 0.25) is 0 Å². The topological polar surface area (TPSA) is 277 Å². The first kappa shape index (κ1) is 38.7. The molecule has 0 rings (SSSR count). The molecular formula is AuCsI4O12. The fourth-order valence-electron chi connectivity index (χ4n) is 0. The third-order valence-corrected chi connectivity index (χ3v) is 0. The summed E-state index contributed by atoms with van der Waals surface area (Å²) < 4.78 is 103. The average Bonchev–Trinajstić information content (AvgIpc) is 1.76. The predicted molar refractivity (Wildman–Crippen MR) is 0 cm³/mol. The molecule has 0 aromatic rings. The average molecular weight is 1030 g/mol. The zero-order chi connectivity index (χ0) is 14.3. The van der Waals surface area contributed by atoms with Crippen molar-refractivity contribution in [2.75, 3.05) is 0 Å². The molecule has 0 unspecified atom stereocenters. The van der Waals surface area contributed by atoms with E-state index in [4.69, 9.17) is 41.2 Å². The molecule has 0 amide bonds. The van der Waals surface area contributed by atoms with Gasteiger partial charge in [-0.25, -0.2) is 0 Å². The van der Waals surface area contributed by atoms with Crippen LogP contribution in [-0.2, 0) is 22.4 Å². The van der Waals surface area contributed by atoms with Gasteiger partial charge in [-0.05, 0) is 0 Å². The summed E-state index contributed by atoms with van der Waals surface area (Å²) in [4.78, 5) is 0. The maximum absolute atomic E-state index is 8.57. The Bertz CT molecular complexity index is 67.1. The van der Waals surface area contributed by atoms with Crippen molar-refractivity contribution >= 4 is 0 Å². The second-order valence-electron chi connectivity index (χ2n) is 0.756. The minimum atomic E-state index is -4.01. The summed E-state index contributed by atoms with van der Waals surface area (Å²) in [6.07, 6.45) is 0. The SMILES string of the molecule is [Au+3].[Cs+].[O-][I+2]([O-])[O-].[O-][I+2]([O-])[O-].[O-][I+2]([O-])[O-].[O-][I+2]([O-])[O-]. The Morgan fingerprint density at radius 3 is 0.333 bits per heavy atom. The van der Waals surface area contributed by atoms with Crippen LogP contribution in [0.4, 0.5) is 0 Å². The van der Waals surface area contributed by atoms with Crippen LogP contribution < -0.4 is 194 Å². The summed E-state index contributed by atoms with van der Waals surface area (Å²) in [7, 11) is 0. The molecule has 12 nitrogen and oxygen atoms in total. The Kier molecular flexibility index (Phi) is 72.5.